The molecule has 6 nitrogen and oxygen atoms in total. The van der Waals surface area contributed by atoms with E-state index in [0.29, 0.717) is 19.3 Å². The summed E-state index contributed by atoms with van der Waals surface area (Å²) in [6.45, 7) is 6.54. The molecule has 67 heavy (non-hydrogen) atoms. The van der Waals surface area contributed by atoms with Crippen LogP contribution in [0.5, 0.6) is 0 Å². The summed E-state index contributed by atoms with van der Waals surface area (Å²) in [5.74, 6) is -0.907. The summed E-state index contributed by atoms with van der Waals surface area (Å²) in [4.78, 5) is 38.1. The predicted molar refractivity (Wildman–Crippen MR) is 289 cm³/mol. The second-order valence-corrected chi connectivity index (χ2v) is 19.5. The van der Waals surface area contributed by atoms with E-state index < -0.39 is 6.10 Å². The Morgan fingerprint density at radius 3 is 0.910 bits per heavy atom. The largest absolute Gasteiger partial charge is 0.462 e. The van der Waals surface area contributed by atoms with E-state index in [-0.39, 0.29) is 31.1 Å². The van der Waals surface area contributed by atoms with Gasteiger partial charge in [0.05, 0.1) is 0 Å². The maximum atomic E-state index is 12.9. The van der Waals surface area contributed by atoms with E-state index >= 15 is 0 Å². The van der Waals surface area contributed by atoms with E-state index in [1.54, 1.807) is 0 Å². The van der Waals surface area contributed by atoms with Crippen LogP contribution in [-0.2, 0) is 28.6 Å². The molecule has 0 aromatic carbocycles. The first kappa shape index (κ1) is 64.4. The van der Waals surface area contributed by atoms with Crippen molar-refractivity contribution in [1.29, 1.82) is 0 Å². The molecule has 0 saturated heterocycles. The lowest BCUT2D eigenvalue weighted by molar-refractivity contribution is -0.167. The summed E-state index contributed by atoms with van der Waals surface area (Å²) in [7, 11) is 0. The fraction of sp³-hybridized carbons (Fsp3) is 0.820. The van der Waals surface area contributed by atoms with Gasteiger partial charge in [0.15, 0.2) is 6.10 Å². The van der Waals surface area contributed by atoms with E-state index in [1.807, 2.05) is 0 Å². The number of allylic oxidation sites excluding steroid dienone is 8. The molecule has 0 aliphatic heterocycles. The number of esters is 3. The predicted octanol–water partition coefficient (Wildman–Crippen LogP) is 19.4. The summed E-state index contributed by atoms with van der Waals surface area (Å²) >= 11 is 0. The Balaban J connectivity index is 4.38. The number of hydrogen-bond acceptors (Lipinski definition) is 6. The molecule has 0 aromatic rings. The molecule has 0 fully saturated rings. The van der Waals surface area contributed by atoms with Crippen LogP contribution in [0, 0.1) is 0 Å². The van der Waals surface area contributed by atoms with Gasteiger partial charge < -0.3 is 14.2 Å². The van der Waals surface area contributed by atoms with E-state index in [1.165, 1.54) is 180 Å². The normalized spacial score (nSPS) is 12.3. The summed E-state index contributed by atoms with van der Waals surface area (Å²) in [6.07, 6.45) is 68.2. The van der Waals surface area contributed by atoms with Gasteiger partial charge >= 0.3 is 17.9 Å². The third-order valence-electron chi connectivity index (χ3n) is 12.8. The second-order valence-electron chi connectivity index (χ2n) is 19.5. The second kappa shape index (κ2) is 56.0. The van der Waals surface area contributed by atoms with Gasteiger partial charge in [0.1, 0.15) is 13.2 Å². The molecule has 0 amide bonds. The lowest BCUT2D eigenvalue weighted by Gasteiger charge is -2.18. The molecule has 390 valence electrons. The van der Waals surface area contributed by atoms with Crippen LogP contribution in [0.2, 0.25) is 0 Å². The molecule has 0 N–H and O–H groups in total. The zero-order chi connectivity index (χ0) is 48.6. The Labute approximate surface area is 416 Å². The number of carbonyl (C=O) groups is 3. The van der Waals surface area contributed by atoms with Crippen LogP contribution < -0.4 is 0 Å². The van der Waals surface area contributed by atoms with Crippen molar-refractivity contribution in [2.24, 2.45) is 0 Å². The zero-order valence-electron chi connectivity index (χ0n) is 44.7. The SMILES string of the molecule is CC/C=C\C/C=C\C/C=C\C/C=C\CCCCC(=O)OC[C@H](COC(=O)CCCCCCCCCCCCCCCCCCC)OC(=O)CCCCCCCCCCCCCCCCCCC. The van der Waals surface area contributed by atoms with Gasteiger partial charge in [0.2, 0.25) is 0 Å². The van der Waals surface area contributed by atoms with E-state index in [2.05, 4.69) is 69.4 Å². The molecule has 0 unspecified atom stereocenters. The lowest BCUT2D eigenvalue weighted by Crippen LogP contribution is -2.30. The minimum Gasteiger partial charge on any atom is -0.462 e. The van der Waals surface area contributed by atoms with Crippen molar-refractivity contribution in [2.75, 3.05) is 13.2 Å². The van der Waals surface area contributed by atoms with Crippen molar-refractivity contribution < 1.29 is 28.6 Å². The van der Waals surface area contributed by atoms with Crippen molar-refractivity contribution in [2.45, 2.75) is 309 Å². The van der Waals surface area contributed by atoms with Crippen LogP contribution in [0.1, 0.15) is 303 Å². The number of hydrogen-bond donors (Lipinski definition) is 0. The Morgan fingerprint density at radius 1 is 0.313 bits per heavy atom. The Hall–Kier alpha value is -2.63. The van der Waals surface area contributed by atoms with Gasteiger partial charge in [-0.15, -0.1) is 0 Å². The highest BCUT2D eigenvalue weighted by Gasteiger charge is 2.19. The molecule has 0 heterocycles. The topological polar surface area (TPSA) is 78.9 Å². The highest BCUT2D eigenvalue weighted by atomic mass is 16.6. The molecule has 0 spiro atoms. The maximum Gasteiger partial charge on any atom is 0.306 e. The molecule has 0 aromatic heterocycles. The quantitative estimate of drug-likeness (QED) is 0.0262. The van der Waals surface area contributed by atoms with Gasteiger partial charge in [-0.1, -0.05) is 275 Å². The van der Waals surface area contributed by atoms with Crippen molar-refractivity contribution in [3.8, 4) is 0 Å². The summed E-state index contributed by atoms with van der Waals surface area (Å²) < 4.78 is 16.9. The lowest BCUT2D eigenvalue weighted by atomic mass is 10.0. The van der Waals surface area contributed by atoms with Crippen LogP contribution in [0.3, 0.4) is 0 Å². The third kappa shape index (κ3) is 54.2. The van der Waals surface area contributed by atoms with Crippen LogP contribution in [-0.4, -0.2) is 37.2 Å². The van der Waals surface area contributed by atoms with E-state index in [9.17, 15) is 14.4 Å². The van der Waals surface area contributed by atoms with Gasteiger partial charge in [0.25, 0.3) is 0 Å². The van der Waals surface area contributed by atoms with Crippen molar-refractivity contribution in [3.05, 3.63) is 48.6 Å². The number of unbranched alkanes of at least 4 members (excludes halogenated alkanes) is 34. The molecule has 0 rings (SSSR count). The molecule has 6 heteroatoms. The van der Waals surface area contributed by atoms with Crippen LogP contribution in [0.15, 0.2) is 48.6 Å². The van der Waals surface area contributed by atoms with Gasteiger partial charge in [0, 0.05) is 19.3 Å². The van der Waals surface area contributed by atoms with Crippen molar-refractivity contribution in [1.82, 2.24) is 0 Å². The fourth-order valence-electron chi connectivity index (χ4n) is 8.49. The summed E-state index contributed by atoms with van der Waals surface area (Å²) in [6, 6.07) is 0. The molecule has 0 aliphatic rings. The van der Waals surface area contributed by atoms with Crippen molar-refractivity contribution in [3.63, 3.8) is 0 Å². The van der Waals surface area contributed by atoms with Gasteiger partial charge in [-0.25, -0.2) is 0 Å². The highest BCUT2D eigenvalue weighted by Crippen LogP contribution is 2.17. The zero-order valence-corrected chi connectivity index (χ0v) is 44.7. The molecule has 0 bridgehead atoms. The summed E-state index contributed by atoms with van der Waals surface area (Å²) in [5, 5.41) is 0. The molecule has 0 aliphatic carbocycles. The van der Waals surface area contributed by atoms with Crippen LogP contribution >= 0.6 is 0 Å². The number of carbonyl (C=O) groups excluding carboxylic acids is 3. The highest BCUT2D eigenvalue weighted by molar-refractivity contribution is 5.71. The van der Waals surface area contributed by atoms with Gasteiger partial charge in [-0.3, -0.25) is 14.4 Å². The maximum absolute atomic E-state index is 12.9. The van der Waals surface area contributed by atoms with E-state index in [0.717, 1.165) is 83.5 Å². The molecule has 1 atom stereocenters. The Bertz CT molecular complexity index is 1170. The Morgan fingerprint density at radius 2 is 0.582 bits per heavy atom. The first-order valence-corrected chi connectivity index (χ1v) is 29.1. The monoisotopic (exact) mass is 939 g/mol. The van der Waals surface area contributed by atoms with Crippen LogP contribution in [0.25, 0.3) is 0 Å². The average molecular weight is 940 g/mol. The summed E-state index contributed by atoms with van der Waals surface area (Å²) in [5.41, 5.74) is 0. The third-order valence-corrected chi connectivity index (χ3v) is 12.8. The first-order valence-electron chi connectivity index (χ1n) is 29.1. The van der Waals surface area contributed by atoms with Crippen LogP contribution in [0.4, 0.5) is 0 Å². The average Bonchev–Trinajstić information content (AvgIpc) is 3.33. The number of rotatable bonds is 53. The minimum atomic E-state index is -0.786. The molecular weight excluding hydrogens is 829 g/mol. The smallest absolute Gasteiger partial charge is 0.306 e. The number of ether oxygens (including phenoxy) is 3. The minimum absolute atomic E-state index is 0.0817. The first-order chi connectivity index (χ1) is 33.0. The molecular formula is C61H110O6. The Kier molecular flexibility index (Phi) is 53.8. The van der Waals surface area contributed by atoms with Gasteiger partial charge in [-0.2, -0.15) is 0 Å². The van der Waals surface area contributed by atoms with Crippen molar-refractivity contribution >= 4 is 17.9 Å². The fourth-order valence-corrected chi connectivity index (χ4v) is 8.49. The molecule has 0 saturated carbocycles. The molecule has 0 radical (unpaired) electrons. The standard InChI is InChI=1S/C61H110O6/c1-4-7-10-13-16-19-22-25-28-30-33-36-39-42-45-48-51-54-60(63)66-57-58(56-65-59(62)53-50-47-44-41-38-35-32-27-24-21-18-15-12-9-6-3)67-61(64)55-52-49-46-43-40-37-34-31-29-26-23-20-17-14-11-8-5-2/h9,12,18,21,27,32,38,41,58H,4-8,10-11,13-17,19-20,22-26,28-31,33-37,39-40,42-57H2,1-3H3/b12-9-,21-18-,32-27-,41-38-/t58-/m1/s1. The van der Waals surface area contributed by atoms with Gasteiger partial charge in [-0.05, 0) is 57.8 Å². The van der Waals surface area contributed by atoms with E-state index in [4.69, 9.17) is 14.2 Å².